The lowest BCUT2D eigenvalue weighted by Gasteiger charge is -2.04. The van der Waals surface area contributed by atoms with Crippen molar-refractivity contribution >= 4 is 23.2 Å². The number of hydrogen-bond donors (Lipinski definition) is 1. The van der Waals surface area contributed by atoms with Gasteiger partial charge in [-0.2, -0.15) is 0 Å². The predicted octanol–water partition coefficient (Wildman–Crippen LogP) is 3.09. The van der Waals surface area contributed by atoms with Gasteiger partial charge >= 0.3 is 0 Å². The highest BCUT2D eigenvalue weighted by atomic mass is 35.5. The molecule has 0 heterocycles. The van der Waals surface area contributed by atoms with Gasteiger partial charge in [-0.25, -0.2) is 0 Å². The lowest BCUT2D eigenvalue weighted by atomic mass is 10.1. The van der Waals surface area contributed by atoms with Crippen LogP contribution in [-0.2, 0) is 5.88 Å². The summed E-state index contributed by atoms with van der Waals surface area (Å²) in [6.07, 6.45) is 0. The number of aryl methyl sites for hydroxylation is 1. The zero-order chi connectivity index (χ0) is 8.43. The molecule has 0 bridgehead atoms. The van der Waals surface area contributed by atoms with Gasteiger partial charge in [-0.15, -0.1) is 11.6 Å². The Morgan fingerprint density at radius 1 is 1.45 bits per heavy atom. The van der Waals surface area contributed by atoms with Gasteiger partial charge in [0.2, 0.25) is 0 Å². The van der Waals surface area contributed by atoms with E-state index in [-0.39, 0.29) is 11.6 Å². The lowest BCUT2D eigenvalue weighted by Crippen LogP contribution is -1.83. The van der Waals surface area contributed by atoms with Crippen LogP contribution in [-0.4, -0.2) is 5.11 Å². The zero-order valence-corrected chi connectivity index (χ0v) is 7.58. The van der Waals surface area contributed by atoms with E-state index in [1.807, 2.05) is 0 Å². The van der Waals surface area contributed by atoms with E-state index < -0.39 is 0 Å². The number of alkyl halides is 1. The number of benzene rings is 1. The molecule has 1 aromatic carbocycles. The first-order chi connectivity index (χ1) is 5.15. The molecule has 11 heavy (non-hydrogen) atoms. The molecule has 1 N–H and O–H groups in total. The fraction of sp³-hybridized carbons (Fsp3) is 0.250. The second-order valence-electron chi connectivity index (χ2n) is 2.36. The summed E-state index contributed by atoms with van der Waals surface area (Å²) in [5.41, 5.74) is 1.44. The smallest absolute Gasteiger partial charge is 0.122 e. The fourth-order valence-electron chi connectivity index (χ4n) is 0.907. The third-order valence-electron chi connectivity index (χ3n) is 1.49. The van der Waals surface area contributed by atoms with Crippen LogP contribution in [0.1, 0.15) is 11.1 Å². The van der Waals surface area contributed by atoms with Crippen molar-refractivity contribution in [3.05, 3.63) is 28.3 Å². The highest BCUT2D eigenvalue weighted by molar-refractivity contribution is 6.30. The van der Waals surface area contributed by atoms with E-state index in [1.165, 1.54) is 0 Å². The lowest BCUT2D eigenvalue weighted by molar-refractivity contribution is 0.466. The maximum absolute atomic E-state index is 9.38. The maximum Gasteiger partial charge on any atom is 0.122 e. The van der Waals surface area contributed by atoms with Gasteiger partial charge in [0.25, 0.3) is 0 Å². The van der Waals surface area contributed by atoms with Crippen LogP contribution in [0.5, 0.6) is 5.75 Å². The highest BCUT2D eigenvalue weighted by Gasteiger charge is 2.03. The minimum atomic E-state index is 0.240. The molecule has 0 saturated carbocycles. The van der Waals surface area contributed by atoms with Gasteiger partial charge in [0.15, 0.2) is 0 Å². The van der Waals surface area contributed by atoms with Crippen LogP contribution in [0.3, 0.4) is 0 Å². The third-order valence-corrected chi connectivity index (χ3v) is 1.99. The molecule has 0 fully saturated rings. The second kappa shape index (κ2) is 3.33. The topological polar surface area (TPSA) is 20.2 Å². The van der Waals surface area contributed by atoms with E-state index in [0.29, 0.717) is 10.6 Å². The van der Waals surface area contributed by atoms with E-state index in [2.05, 4.69) is 0 Å². The van der Waals surface area contributed by atoms with Crippen molar-refractivity contribution < 1.29 is 5.11 Å². The van der Waals surface area contributed by atoms with E-state index >= 15 is 0 Å². The molecule has 60 valence electrons. The number of hydrogen-bond acceptors (Lipinski definition) is 1. The van der Waals surface area contributed by atoms with Crippen LogP contribution < -0.4 is 0 Å². The van der Waals surface area contributed by atoms with Gasteiger partial charge < -0.3 is 5.11 Å². The molecule has 0 aromatic heterocycles. The first-order valence-electron chi connectivity index (χ1n) is 3.19. The van der Waals surface area contributed by atoms with Crippen molar-refractivity contribution in [1.29, 1.82) is 0 Å². The molecule has 3 heteroatoms. The molecular formula is C8H8Cl2O. The van der Waals surface area contributed by atoms with Gasteiger partial charge in [-0.1, -0.05) is 11.6 Å². The quantitative estimate of drug-likeness (QED) is 0.676. The van der Waals surface area contributed by atoms with Crippen molar-refractivity contribution in [2.45, 2.75) is 12.8 Å². The highest BCUT2D eigenvalue weighted by Crippen LogP contribution is 2.27. The van der Waals surface area contributed by atoms with Crippen LogP contribution in [0.2, 0.25) is 5.02 Å². The number of halogens is 2. The Morgan fingerprint density at radius 3 is 2.64 bits per heavy atom. The van der Waals surface area contributed by atoms with Crippen LogP contribution in [0.4, 0.5) is 0 Å². The molecule has 1 rings (SSSR count). The molecule has 0 unspecified atom stereocenters. The molecule has 0 aliphatic heterocycles. The van der Waals surface area contributed by atoms with Crippen molar-refractivity contribution in [3.8, 4) is 5.75 Å². The predicted molar refractivity (Wildman–Crippen MR) is 47.4 cm³/mol. The van der Waals surface area contributed by atoms with Crippen LogP contribution in [0.15, 0.2) is 12.1 Å². The summed E-state index contributed by atoms with van der Waals surface area (Å²) < 4.78 is 0. The van der Waals surface area contributed by atoms with E-state index in [4.69, 9.17) is 23.2 Å². The molecule has 0 saturated heterocycles. The second-order valence-corrected chi connectivity index (χ2v) is 3.07. The summed E-state index contributed by atoms with van der Waals surface area (Å²) in [5, 5.41) is 9.99. The van der Waals surface area contributed by atoms with Gasteiger partial charge in [-0.05, 0) is 24.6 Å². The summed E-state index contributed by atoms with van der Waals surface area (Å²) in [4.78, 5) is 0. The van der Waals surface area contributed by atoms with Crippen LogP contribution >= 0.6 is 23.2 Å². The van der Waals surface area contributed by atoms with Gasteiger partial charge in [0, 0.05) is 10.6 Å². The number of phenolic OH excluding ortho intramolecular Hbond substituents is 1. The van der Waals surface area contributed by atoms with Crippen LogP contribution in [0, 0.1) is 6.92 Å². The molecule has 0 atom stereocenters. The summed E-state index contributed by atoms with van der Waals surface area (Å²) in [6.45, 7) is 1.79. The Bertz CT molecular complexity index is 271. The minimum absolute atomic E-state index is 0.240. The number of rotatable bonds is 1. The first kappa shape index (κ1) is 8.69. The van der Waals surface area contributed by atoms with Gasteiger partial charge in [-0.3, -0.25) is 0 Å². The standard InChI is InChI=1S/C8H8Cl2O/c1-5-2-7(10)3-6(4-9)8(5)11/h2-3,11H,4H2,1H3. The SMILES string of the molecule is Cc1cc(Cl)cc(CCl)c1O. The average Bonchev–Trinajstić information content (AvgIpc) is 1.96. The van der Waals surface area contributed by atoms with Crippen LogP contribution in [0.25, 0.3) is 0 Å². The maximum atomic E-state index is 9.38. The Hall–Kier alpha value is -0.400. The summed E-state index contributed by atoms with van der Waals surface area (Å²) in [7, 11) is 0. The van der Waals surface area contributed by atoms with Crippen molar-refractivity contribution in [2.24, 2.45) is 0 Å². The monoisotopic (exact) mass is 190 g/mol. The van der Waals surface area contributed by atoms with Crippen molar-refractivity contribution in [3.63, 3.8) is 0 Å². The van der Waals surface area contributed by atoms with Gasteiger partial charge in [0.05, 0.1) is 5.88 Å². The van der Waals surface area contributed by atoms with E-state index in [9.17, 15) is 5.11 Å². The molecular weight excluding hydrogens is 183 g/mol. The average molecular weight is 191 g/mol. The van der Waals surface area contributed by atoms with Crippen molar-refractivity contribution in [2.75, 3.05) is 0 Å². The minimum Gasteiger partial charge on any atom is -0.507 e. The Labute approximate surface area is 75.6 Å². The van der Waals surface area contributed by atoms with Gasteiger partial charge in [0.1, 0.15) is 5.75 Å². The molecule has 0 radical (unpaired) electrons. The summed E-state index contributed by atoms with van der Waals surface area (Å²) in [5.74, 6) is 0.525. The molecule has 1 aromatic rings. The van der Waals surface area contributed by atoms with E-state index in [1.54, 1.807) is 19.1 Å². The third kappa shape index (κ3) is 1.79. The largest absolute Gasteiger partial charge is 0.507 e. The molecule has 0 aliphatic carbocycles. The summed E-state index contributed by atoms with van der Waals surface area (Å²) in [6, 6.07) is 3.36. The van der Waals surface area contributed by atoms with Crippen molar-refractivity contribution in [1.82, 2.24) is 0 Å². The normalized spacial score (nSPS) is 10.1. The molecule has 1 nitrogen and oxygen atoms in total. The molecule has 0 spiro atoms. The Balaban J connectivity index is 3.24. The Kier molecular flexibility index (Phi) is 2.63. The number of aromatic hydroxyl groups is 1. The summed E-state index contributed by atoms with van der Waals surface area (Å²) >= 11 is 11.3. The first-order valence-corrected chi connectivity index (χ1v) is 4.10. The van der Waals surface area contributed by atoms with E-state index in [0.717, 1.165) is 5.56 Å². The number of phenols is 1. The fourth-order valence-corrected chi connectivity index (χ4v) is 1.41. The molecule has 0 amide bonds. The molecule has 0 aliphatic rings. The zero-order valence-electron chi connectivity index (χ0n) is 6.06. The Morgan fingerprint density at radius 2 is 2.09 bits per heavy atom.